The van der Waals surface area contributed by atoms with Crippen LogP contribution >= 0.6 is 0 Å². The van der Waals surface area contributed by atoms with Crippen molar-refractivity contribution in [3.05, 3.63) is 66.7 Å². The van der Waals surface area contributed by atoms with E-state index < -0.39 is 0 Å². The van der Waals surface area contributed by atoms with Crippen molar-refractivity contribution in [3.63, 3.8) is 0 Å². The molecule has 0 spiro atoms. The van der Waals surface area contributed by atoms with E-state index in [9.17, 15) is 4.79 Å². The predicted molar refractivity (Wildman–Crippen MR) is 95.1 cm³/mol. The maximum absolute atomic E-state index is 11.9. The Balaban J connectivity index is 1.43. The van der Waals surface area contributed by atoms with Gasteiger partial charge in [0.05, 0.1) is 12.7 Å². The number of pyridine rings is 1. The Morgan fingerprint density at radius 2 is 1.96 bits per heavy atom. The average Bonchev–Trinajstić information content (AvgIpc) is 3.11. The van der Waals surface area contributed by atoms with Crippen molar-refractivity contribution in [1.29, 1.82) is 0 Å². The summed E-state index contributed by atoms with van der Waals surface area (Å²) in [6.45, 7) is 3.05. The standard InChI is InChI=1S/C19H20N4O2/c1-15-4-2-3-5-18(15)25-14-19(24)21-10-11-23-13-17(12-22-23)16-6-8-20-9-7-16/h2-9,12-13H,10-11,14H2,1H3,(H,21,24). The van der Waals surface area contributed by atoms with Gasteiger partial charge in [0.15, 0.2) is 6.61 Å². The van der Waals surface area contributed by atoms with E-state index in [-0.39, 0.29) is 12.5 Å². The van der Waals surface area contributed by atoms with E-state index in [2.05, 4.69) is 15.4 Å². The molecular weight excluding hydrogens is 316 g/mol. The lowest BCUT2D eigenvalue weighted by Gasteiger charge is -2.09. The third-order valence-electron chi connectivity index (χ3n) is 3.76. The summed E-state index contributed by atoms with van der Waals surface area (Å²) >= 11 is 0. The second kappa shape index (κ2) is 8.10. The molecule has 0 atom stereocenters. The summed E-state index contributed by atoms with van der Waals surface area (Å²) < 4.78 is 7.33. The molecule has 3 rings (SSSR count). The molecule has 0 unspecified atom stereocenters. The Kier molecular flexibility index (Phi) is 5.41. The third kappa shape index (κ3) is 4.67. The highest BCUT2D eigenvalue weighted by Gasteiger charge is 2.05. The van der Waals surface area contributed by atoms with Gasteiger partial charge in [-0.1, -0.05) is 18.2 Å². The second-order valence-electron chi connectivity index (χ2n) is 5.63. The number of rotatable bonds is 7. The first-order chi connectivity index (χ1) is 12.2. The average molecular weight is 336 g/mol. The van der Waals surface area contributed by atoms with Gasteiger partial charge in [-0.05, 0) is 36.2 Å². The summed E-state index contributed by atoms with van der Waals surface area (Å²) in [7, 11) is 0. The quantitative estimate of drug-likeness (QED) is 0.719. The fraction of sp³-hybridized carbons (Fsp3) is 0.211. The van der Waals surface area contributed by atoms with E-state index >= 15 is 0 Å². The molecule has 1 amide bonds. The minimum absolute atomic E-state index is 0.00618. The highest BCUT2D eigenvalue weighted by molar-refractivity contribution is 5.77. The number of hydrogen-bond acceptors (Lipinski definition) is 4. The molecule has 0 aliphatic carbocycles. The topological polar surface area (TPSA) is 69.0 Å². The van der Waals surface area contributed by atoms with Crippen LogP contribution in [0.5, 0.6) is 5.75 Å². The number of nitrogens with one attached hydrogen (secondary N) is 1. The SMILES string of the molecule is Cc1ccccc1OCC(=O)NCCn1cc(-c2ccncc2)cn1. The minimum atomic E-state index is -0.148. The molecule has 0 aliphatic rings. The highest BCUT2D eigenvalue weighted by atomic mass is 16.5. The lowest BCUT2D eigenvalue weighted by atomic mass is 10.1. The van der Waals surface area contributed by atoms with Gasteiger partial charge in [0.2, 0.25) is 0 Å². The molecule has 25 heavy (non-hydrogen) atoms. The molecule has 3 aromatic rings. The van der Waals surface area contributed by atoms with Crippen LogP contribution in [0.25, 0.3) is 11.1 Å². The van der Waals surface area contributed by atoms with Crippen LogP contribution in [-0.4, -0.2) is 33.8 Å². The van der Waals surface area contributed by atoms with Crippen molar-refractivity contribution in [2.24, 2.45) is 0 Å². The van der Waals surface area contributed by atoms with Crippen LogP contribution in [-0.2, 0) is 11.3 Å². The van der Waals surface area contributed by atoms with Crippen molar-refractivity contribution in [2.45, 2.75) is 13.5 Å². The lowest BCUT2D eigenvalue weighted by Crippen LogP contribution is -2.31. The van der Waals surface area contributed by atoms with Gasteiger partial charge in [-0.15, -0.1) is 0 Å². The van der Waals surface area contributed by atoms with Crippen molar-refractivity contribution in [1.82, 2.24) is 20.1 Å². The van der Waals surface area contributed by atoms with Crippen molar-refractivity contribution in [2.75, 3.05) is 13.2 Å². The number of amides is 1. The van der Waals surface area contributed by atoms with E-state index in [0.717, 1.165) is 22.4 Å². The summed E-state index contributed by atoms with van der Waals surface area (Å²) in [6, 6.07) is 11.5. The summed E-state index contributed by atoms with van der Waals surface area (Å²) in [5.74, 6) is 0.580. The summed E-state index contributed by atoms with van der Waals surface area (Å²) in [5, 5.41) is 7.14. The summed E-state index contributed by atoms with van der Waals surface area (Å²) in [5.41, 5.74) is 3.10. The number of hydrogen-bond donors (Lipinski definition) is 1. The molecule has 0 fully saturated rings. The zero-order valence-electron chi connectivity index (χ0n) is 14.1. The molecule has 6 nitrogen and oxygen atoms in total. The molecule has 1 aromatic carbocycles. The number of para-hydroxylation sites is 1. The van der Waals surface area contributed by atoms with Crippen LogP contribution in [0.1, 0.15) is 5.56 Å². The molecular formula is C19H20N4O2. The van der Waals surface area contributed by atoms with Crippen LogP contribution in [0, 0.1) is 6.92 Å². The molecule has 128 valence electrons. The van der Waals surface area contributed by atoms with Gasteiger partial charge < -0.3 is 10.1 Å². The monoisotopic (exact) mass is 336 g/mol. The van der Waals surface area contributed by atoms with Gasteiger partial charge in [0.1, 0.15) is 5.75 Å². The number of carbonyl (C=O) groups is 1. The highest BCUT2D eigenvalue weighted by Crippen LogP contribution is 2.17. The summed E-state index contributed by atoms with van der Waals surface area (Å²) in [6.07, 6.45) is 7.26. The van der Waals surface area contributed by atoms with Crippen LogP contribution in [0.2, 0.25) is 0 Å². The molecule has 0 saturated carbocycles. The number of nitrogens with zero attached hydrogens (tertiary/aromatic N) is 3. The number of aromatic nitrogens is 3. The van der Waals surface area contributed by atoms with E-state index in [4.69, 9.17) is 4.74 Å². The van der Waals surface area contributed by atoms with Crippen LogP contribution < -0.4 is 10.1 Å². The predicted octanol–water partition coefficient (Wildman–Crippen LogP) is 2.45. The number of benzene rings is 1. The van der Waals surface area contributed by atoms with Crippen molar-refractivity contribution < 1.29 is 9.53 Å². The zero-order chi connectivity index (χ0) is 17.5. The fourth-order valence-electron chi connectivity index (χ4n) is 2.40. The Morgan fingerprint density at radius 3 is 2.76 bits per heavy atom. The second-order valence-corrected chi connectivity index (χ2v) is 5.63. The molecule has 2 aromatic heterocycles. The fourth-order valence-corrected chi connectivity index (χ4v) is 2.40. The molecule has 0 bridgehead atoms. The van der Waals surface area contributed by atoms with Gasteiger partial charge in [0.25, 0.3) is 5.91 Å². The van der Waals surface area contributed by atoms with Crippen LogP contribution in [0.15, 0.2) is 61.2 Å². The number of aryl methyl sites for hydroxylation is 1. The summed E-state index contributed by atoms with van der Waals surface area (Å²) in [4.78, 5) is 15.9. The molecule has 2 heterocycles. The van der Waals surface area contributed by atoms with E-state index in [1.807, 2.05) is 49.5 Å². The maximum atomic E-state index is 11.9. The molecule has 0 radical (unpaired) electrons. The van der Waals surface area contributed by atoms with Gasteiger partial charge in [-0.25, -0.2) is 0 Å². The van der Waals surface area contributed by atoms with Gasteiger partial charge in [0, 0.05) is 30.7 Å². The minimum Gasteiger partial charge on any atom is -0.484 e. The zero-order valence-corrected chi connectivity index (χ0v) is 14.1. The molecule has 0 aliphatic heterocycles. The molecule has 1 N–H and O–H groups in total. The van der Waals surface area contributed by atoms with Crippen molar-refractivity contribution in [3.8, 4) is 16.9 Å². The third-order valence-corrected chi connectivity index (χ3v) is 3.76. The largest absolute Gasteiger partial charge is 0.484 e. The first-order valence-electron chi connectivity index (χ1n) is 8.10. The Bertz CT molecular complexity index is 830. The van der Waals surface area contributed by atoms with E-state index in [0.29, 0.717) is 13.1 Å². The Labute approximate surface area is 146 Å². The first-order valence-corrected chi connectivity index (χ1v) is 8.10. The number of carbonyl (C=O) groups excluding carboxylic acids is 1. The Hall–Kier alpha value is -3.15. The smallest absolute Gasteiger partial charge is 0.258 e. The van der Waals surface area contributed by atoms with E-state index in [1.54, 1.807) is 23.3 Å². The lowest BCUT2D eigenvalue weighted by molar-refractivity contribution is -0.123. The first kappa shape index (κ1) is 16.7. The van der Waals surface area contributed by atoms with E-state index in [1.165, 1.54) is 0 Å². The van der Waals surface area contributed by atoms with Gasteiger partial charge in [-0.3, -0.25) is 14.5 Å². The van der Waals surface area contributed by atoms with Gasteiger partial charge >= 0.3 is 0 Å². The maximum Gasteiger partial charge on any atom is 0.258 e. The van der Waals surface area contributed by atoms with Gasteiger partial charge in [-0.2, -0.15) is 5.10 Å². The normalized spacial score (nSPS) is 10.4. The number of ether oxygens (including phenoxy) is 1. The Morgan fingerprint density at radius 1 is 1.16 bits per heavy atom. The van der Waals surface area contributed by atoms with Crippen molar-refractivity contribution >= 4 is 5.91 Å². The molecule has 6 heteroatoms. The van der Waals surface area contributed by atoms with Crippen LogP contribution in [0.4, 0.5) is 0 Å². The molecule has 0 saturated heterocycles. The van der Waals surface area contributed by atoms with Crippen LogP contribution in [0.3, 0.4) is 0 Å².